The summed E-state index contributed by atoms with van der Waals surface area (Å²) in [4.78, 5) is 20.3. The molecule has 5 nitrogen and oxygen atoms in total. The van der Waals surface area contributed by atoms with Crippen LogP contribution in [0.2, 0.25) is 0 Å². The molecule has 1 N–H and O–H groups in total. The second-order valence-corrected chi connectivity index (χ2v) is 6.24. The summed E-state index contributed by atoms with van der Waals surface area (Å²) in [5, 5.41) is 10.5. The smallest absolute Gasteiger partial charge is 0.256 e. The van der Waals surface area contributed by atoms with Crippen LogP contribution >= 0.6 is 0 Å². The third-order valence-corrected chi connectivity index (χ3v) is 4.66. The molecule has 3 rings (SSSR count). The van der Waals surface area contributed by atoms with Crippen LogP contribution in [0.1, 0.15) is 22.8 Å². The van der Waals surface area contributed by atoms with E-state index >= 15 is 0 Å². The fraction of sp³-hybridized carbons (Fsp3) is 0.368. The zero-order chi connectivity index (χ0) is 17.8. The van der Waals surface area contributed by atoms with Gasteiger partial charge in [0.2, 0.25) is 0 Å². The Morgan fingerprint density at radius 3 is 2.68 bits per heavy atom. The molecule has 2 aromatic rings. The molecule has 0 saturated carbocycles. The highest BCUT2D eigenvalue weighted by atomic mass is 19.1. The number of aliphatic hydroxyl groups is 1. The van der Waals surface area contributed by atoms with Crippen LogP contribution in [0.4, 0.5) is 4.39 Å². The summed E-state index contributed by atoms with van der Waals surface area (Å²) < 4.78 is 13.9. The van der Waals surface area contributed by atoms with Crippen molar-refractivity contribution in [3.05, 3.63) is 65.7 Å². The van der Waals surface area contributed by atoms with E-state index in [9.17, 15) is 14.3 Å². The van der Waals surface area contributed by atoms with E-state index in [1.54, 1.807) is 24.5 Å². The Morgan fingerprint density at radius 2 is 2.00 bits per heavy atom. The number of aromatic nitrogens is 1. The van der Waals surface area contributed by atoms with Crippen LogP contribution < -0.4 is 0 Å². The zero-order valence-corrected chi connectivity index (χ0v) is 14.2. The van der Waals surface area contributed by atoms with Crippen LogP contribution in [0.25, 0.3) is 0 Å². The van der Waals surface area contributed by atoms with E-state index in [1.165, 1.54) is 17.0 Å². The number of hydrogen-bond acceptors (Lipinski definition) is 4. The average molecular weight is 343 g/mol. The SMILES string of the molecule is CCN(Cc1ccncc1)[C@@H]1CN(C(=O)c2ccccc2F)C[C@H]1O. The summed E-state index contributed by atoms with van der Waals surface area (Å²) in [7, 11) is 0. The second-order valence-electron chi connectivity index (χ2n) is 6.24. The molecule has 0 bridgehead atoms. The summed E-state index contributed by atoms with van der Waals surface area (Å²) in [6.07, 6.45) is 2.82. The zero-order valence-electron chi connectivity index (χ0n) is 14.2. The van der Waals surface area contributed by atoms with E-state index < -0.39 is 11.9 Å². The van der Waals surface area contributed by atoms with Gasteiger partial charge in [-0.3, -0.25) is 14.7 Å². The number of aliphatic hydroxyl groups excluding tert-OH is 1. The summed E-state index contributed by atoms with van der Waals surface area (Å²) in [5.74, 6) is -0.908. The summed E-state index contributed by atoms with van der Waals surface area (Å²) in [5.41, 5.74) is 1.15. The molecule has 1 aliphatic heterocycles. The highest BCUT2D eigenvalue weighted by Gasteiger charge is 2.37. The molecule has 0 radical (unpaired) electrons. The van der Waals surface area contributed by atoms with Crippen LogP contribution in [0.5, 0.6) is 0 Å². The third kappa shape index (κ3) is 3.86. The van der Waals surface area contributed by atoms with Crippen molar-refractivity contribution >= 4 is 5.91 Å². The maximum atomic E-state index is 13.9. The number of β-amino-alcohol motifs (C(OH)–C–C–N with tert-alkyl or cyclic N) is 1. The second kappa shape index (κ2) is 7.72. The number of rotatable bonds is 5. The van der Waals surface area contributed by atoms with Crippen LogP contribution in [-0.4, -0.2) is 57.6 Å². The largest absolute Gasteiger partial charge is 0.390 e. The van der Waals surface area contributed by atoms with Gasteiger partial charge in [0, 0.05) is 32.0 Å². The molecule has 0 unspecified atom stereocenters. The summed E-state index contributed by atoms with van der Waals surface area (Å²) >= 11 is 0. The topological polar surface area (TPSA) is 56.7 Å². The molecule has 6 heteroatoms. The van der Waals surface area contributed by atoms with E-state index in [1.807, 2.05) is 19.1 Å². The van der Waals surface area contributed by atoms with Crippen molar-refractivity contribution in [2.75, 3.05) is 19.6 Å². The normalized spacial score (nSPS) is 20.2. The minimum absolute atomic E-state index is 0.0486. The van der Waals surface area contributed by atoms with Gasteiger partial charge in [-0.2, -0.15) is 0 Å². The quantitative estimate of drug-likeness (QED) is 0.901. The molecule has 1 aliphatic rings. The average Bonchev–Trinajstić information content (AvgIpc) is 3.02. The molecule has 1 aromatic heterocycles. The van der Waals surface area contributed by atoms with Crippen LogP contribution in [-0.2, 0) is 6.54 Å². The first-order valence-electron chi connectivity index (χ1n) is 8.45. The maximum Gasteiger partial charge on any atom is 0.256 e. The molecule has 1 saturated heterocycles. The monoisotopic (exact) mass is 343 g/mol. The van der Waals surface area contributed by atoms with Crippen LogP contribution in [0, 0.1) is 5.82 Å². The van der Waals surface area contributed by atoms with Gasteiger partial charge in [-0.05, 0) is 36.4 Å². The van der Waals surface area contributed by atoms with Gasteiger partial charge in [0.05, 0.1) is 17.7 Å². The first kappa shape index (κ1) is 17.5. The van der Waals surface area contributed by atoms with Gasteiger partial charge in [0.15, 0.2) is 0 Å². The van der Waals surface area contributed by atoms with E-state index in [4.69, 9.17) is 0 Å². The molecule has 2 heterocycles. The van der Waals surface area contributed by atoms with Gasteiger partial charge >= 0.3 is 0 Å². The Balaban J connectivity index is 1.72. The molecular formula is C19H22FN3O2. The molecule has 0 aliphatic carbocycles. The lowest BCUT2D eigenvalue weighted by molar-refractivity contribution is 0.0754. The lowest BCUT2D eigenvalue weighted by Crippen LogP contribution is -2.43. The van der Waals surface area contributed by atoms with Crippen molar-refractivity contribution in [3.63, 3.8) is 0 Å². The molecular weight excluding hydrogens is 321 g/mol. The van der Waals surface area contributed by atoms with Gasteiger partial charge in [-0.25, -0.2) is 4.39 Å². The molecule has 1 aromatic carbocycles. The number of nitrogens with zero attached hydrogens (tertiary/aromatic N) is 3. The van der Waals surface area contributed by atoms with E-state index in [0.29, 0.717) is 13.1 Å². The number of pyridine rings is 1. The van der Waals surface area contributed by atoms with Crippen molar-refractivity contribution < 1.29 is 14.3 Å². The standard InChI is InChI=1S/C19H22FN3O2/c1-2-22(11-14-7-9-21-10-8-14)17-12-23(13-18(17)24)19(25)15-5-3-4-6-16(15)20/h3-10,17-18,24H,2,11-13H2,1H3/t17-,18-/m1/s1. The van der Waals surface area contributed by atoms with Gasteiger partial charge in [-0.1, -0.05) is 19.1 Å². The Kier molecular flexibility index (Phi) is 5.40. The fourth-order valence-corrected chi connectivity index (χ4v) is 3.29. The van der Waals surface area contributed by atoms with Crippen molar-refractivity contribution in [1.82, 2.24) is 14.8 Å². The van der Waals surface area contributed by atoms with Gasteiger partial charge < -0.3 is 10.0 Å². The molecule has 2 atom stereocenters. The highest BCUT2D eigenvalue weighted by Crippen LogP contribution is 2.21. The summed E-state index contributed by atoms with van der Waals surface area (Å²) in [6.45, 7) is 4.03. The fourth-order valence-electron chi connectivity index (χ4n) is 3.29. The lowest BCUT2D eigenvalue weighted by atomic mass is 10.1. The number of likely N-dealkylation sites (N-methyl/N-ethyl adjacent to an activating group) is 1. The van der Waals surface area contributed by atoms with Crippen molar-refractivity contribution in [2.24, 2.45) is 0 Å². The number of carbonyl (C=O) groups excluding carboxylic acids is 1. The Labute approximate surface area is 146 Å². The minimum atomic E-state index is -0.655. The third-order valence-electron chi connectivity index (χ3n) is 4.66. The molecule has 132 valence electrons. The lowest BCUT2D eigenvalue weighted by Gasteiger charge is -2.29. The van der Waals surface area contributed by atoms with Gasteiger partial charge in [0.1, 0.15) is 5.82 Å². The predicted octanol–water partition coefficient (Wildman–Crippen LogP) is 1.93. The molecule has 1 amide bonds. The Hall–Kier alpha value is -2.31. The molecule has 25 heavy (non-hydrogen) atoms. The predicted molar refractivity (Wildman–Crippen MR) is 92.4 cm³/mol. The number of benzene rings is 1. The molecule has 1 fully saturated rings. The molecule has 0 spiro atoms. The van der Waals surface area contributed by atoms with Gasteiger partial charge in [-0.15, -0.1) is 0 Å². The van der Waals surface area contributed by atoms with Crippen LogP contribution in [0.3, 0.4) is 0 Å². The Bertz CT molecular complexity index is 726. The number of carbonyl (C=O) groups is 1. The Morgan fingerprint density at radius 1 is 1.28 bits per heavy atom. The number of hydrogen-bond donors (Lipinski definition) is 1. The van der Waals surface area contributed by atoms with Crippen molar-refractivity contribution in [1.29, 1.82) is 0 Å². The number of halogens is 1. The minimum Gasteiger partial charge on any atom is -0.390 e. The maximum absolute atomic E-state index is 13.9. The van der Waals surface area contributed by atoms with Crippen LogP contribution in [0.15, 0.2) is 48.8 Å². The van der Waals surface area contributed by atoms with E-state index in [-0.39, 0.29) is 24.1 Å². The summed E-state index contributed by atoms with van der Waals surface area (Å²) in [6, 6.07) is 9.65. The van der Waals surface area contributed by atoms with Crippen molar-refractivity contribution in [3.8, 4) is 0 Å². The van der Waals surface area contributed by atoms with E-state index in [0.717, 1.165) is 12.1 Å². The number of likely N-dealkylation sites (tertiary alicyclic amines) is 1. The van der Waals surface area contributed by atoms with Crippen molar-refractivity contribution in [2.45, 2.75) is 25.6 Å². The van der Waals surface area contributed by atoms with Gasteiger partial charge in [0.25, 0.3) is 5.91 Å². The highest BCUT2D eigenvalue weighted by molar-refractivity contribution is 5.94. The number of amides is 1. The first-order chi connectivity index (χ1) is 12.1. The van der Waals surface area contributed by atoms with E-state index in [2.05, 4.69) is 9.88 Å². The first-order valence-corrected chi connectivity index (χ1v) is 8.45.